The molecule has 2 heterocycles. The molecule has 0 atom stereocenters. The van der Waals surface area contributed by atoms with Crippen molar-refractivity contribution in [1.29, 1.82) is 0 Å². The van der Waals surface area contributed by atoms with Gasteiger partial charge in [-0.25, -0.2) is 9.59 Å². The largest absolute Gasteiger partial charge is 0.465 e. The Kier molecular flexibility index (Phi) is 4.00. The number of nitrogens with zero attached hydrogens (tertiary/aromatic N) is 1. The molecule has 0 unspecified atom stereocenters. The zero-order valence-electron chi connectivity index (χ0n) is 12.4. The van der Waals surface area contributed by atoms with Gasteiger partial charge in [0.2, 0.25) is 0 Å². The topological polar surface area (TPSA) is 82.6 Å². The Bertz CT molecular complexity index is 825. The molecule has 0 spiro atoms. The first-order valence-electron chi connectivity index (χ1n) is 7.20. The molecule has 2 N–H and O–H groups in total. The zero-order chi connectivity index (χ0) is 16.6. The number of benzene rings is 1. The molecule has 23 heavy (non-hydrogen) atoms. The quantitative estimate of drug-likeness (QED) is 0.826. The molecular weight excluding hydrogens is 320 g/mol. The minimum atomic E-state index is -1.11. The zero-order valence-corrected chi connectivity index (χ0v) is 13.2. The first kappa shape index (κ1) is 15.4. The number of hydrogen-bond donors (Lipinski definition) is 2. The van der Waals surface area contributed by atoms with Crippen molar-refractivity contribution in [2.45, 2.75) is 13.3 Å². The van der Waals surface area contributed by atoms with E-state index in [4.69, 9.17) is 16.3 Å². The highest BCUT2D eigenvalue weighted by molar-refractivity contribution is 6.31. The predicted molar refractivity (Wildman–Crippen MR) is 86.4 cm³/mol. The number of esters is 1. The smallest absolute Gasteiger partial charge is 0.411 e. The molecule has 0 aliphatic carbocycles. The van der Waals surface area contributed by atoms with Crippen molar-refractivity contribution in [3.63, 3.8) is 0 Å². The summed E-state index contributed by atoms with van der Waals surface area (Å²) in [5, 5.41) is 10.7. The number of carboxylic acid groups (broad SMARTS) is 1. The highest BCUT2D eigenvalue weighted by Crippen LogP contribution is 2.32. The number of carbonyl (C=O) groups excluding carboxylic acids is 1. The van der Waals surface area contributed by atoms with Crippen molar-refractivity contribution in [2.24, 2.45) is 0 Å². The third kappa shape index (κ3) is 2.77. The molecule has 0 bridgehead atoms. The normalized spacial score (nSPS) is 14.2. The van der Waals surface area contributed by atoms with E-state index in [-0.39, 0.29) is 18.7 Å². The molecule has 0 fully saturated rings. The maximum absolute atomic E-state index is 12.3. The van der Waals surface area contributed by atoms with Crippen LogP contribution in [-0.2, 0) is 16.0 Å². The Morgan fingerprint density at radius 1 is 1.43 bits per heavy atom. The van der Waals surface area contributed by atoms with E-state index < -0.39 is 12.1 Å². The van der Waals surface area contributed by atoms with Crippen LogP contribution in [0.1, 0.15) is 18.2 Å². The average molecular weight is 335 g/mol. The fraction of sp³-hybridized carbons (Fsp3) is 0.250. The summed E-state index contributed by atoms with van der Waals surface area (Å²) < 4.78 is 5.07. The molecular formula is C16H15ClN2O4. The lowest BCUT2D eigenvalue weighted by molar-refractivity contribution is -0.136. The number of aromatic amines is 1. The van der Waals surface area contributed by atoms with Gasteiger partial charge in [-0.2, -0.15) is 0 Å². The van der Waals surface area contributed by atoms with Gasteiger partial charge in [0, 0.05) is 28.7 Å². The second-order valence-corrected chi connectivity index (χ2v) is 5.59. The summed E-state index contributed by atoms with van der Waals surface area (Å²) in [7, 11) is 0. The molecule has 0 saturated heterocycles. The summed E-state index contributed by atoms with van der Waals surface area (Å²) in [5.74, 6) is -0.556. The Morgan fingerprint density at radius 2 is 2.22 bits per heavy atom. The van der Waals surface area contributed by atoms with Crippen LogP contribution in [-0.4, -0.2) is 40.2 Å². The van der Waals surface area contributed by atoms with Gasteiger partial charge in [0.25, 0.3) is 0 Å². The number of aromatic nitrogens is 1. The first-order chi connectivity index (χ1) is 11.0. The number of carbonyl (C=O) groups is 2. The van der Waals surface area contributed by atoms with Crippen molar-refractivity contribution in [1.82, 2.24) is 9.88 Å². The number of hydrogen-bond acceptors (Lipinski definition) is 3. The first-order valence-corrected chi connectivity index (χ1v) is 7.58. The van der Waals surface area contributed by atoms with Gasteiger partial charge in [-0.05, 0) is 37.1 Å². The summed E-state index contributed by atoms with van der Waals surface area (Å²) in [6.45, 7) is 2.17. The molecule has 0 saturated carbocycles. The molecule has 7 heteroatoms. The fourth-order valence-electron chi connectivity index (χ4n) is 2.74. The maximum atomic E-state index is 12.3. The average Bonchev–Trinajstić information content (AvgIpc) is 2.73. The lowest BCUT2D eigenvalue weighted by Gasteiger charge is -2.12. The molecule has 3 rings (SSSR count). The standard InChI is InChI=1S/C16H15ClN2O4/c1-2-23-15(20)12-8-19(16(21)22)6-5-10-11-7-9(17)3-4-13(11)18-14(10)12/h3-4,7-8,18H,2,5-6H2,1H3,(H,21,22). The van der Waals surface area contributed by atoms with E-state index in [0.29, 0.717) is 17.1 Å². The number of halogens is 1. The van der Waals surface area contributed by atoms with Gasteiger partial charge in [0.1, 0.15) is 0 Å². The van der Waals surface area contributed by atoms with Gasteiger partial charge < -0.3 is 14.8 Å². The minimum absolute atomic E-state index is 0.203. The number of nitrogens with one attached hydrogen (secondary N) is 1. The molecule has 6 nitrogen and oxygen atoms in total. The van der Waals surface area contributed by atoms with Gasteiger partial charge >= 0.3 is 12.1 Å². The maximum Gasteiger partial charge on any atom is 0.411 e. The third-order valence-electron chi connectivity index (χ3n) is 3.77. The van der Waals surface area contributed by atoms with Gasteiger partial charge in [-0.1, -0.05) is 11.6 Å². The van der Waals surface area contributed by atoms with Gasteiger partial charge in [0.15, 0.2) is 0 Å². The number of ether oxygens (including phenoxy) is 1. The van der Waals surface area contributed by atoms with Crippen LogP contribution in [0.3, 0.4) is 0 Å². The molecule has 1 aliphatic rings. The fourth-order valence-corrected chi connectivity index (χ4v) is 2.91. The highest BCUT2D eigenvalue weighted by Gasteiger charge is 2.27. The Labute approximate surface area is 137 Å². The van der Waals surface area contributed by atoms with Crippen LogP contribution in [0.5, 0.6) is 0 Å². The van der Waals surface area contributed by atoms with Crippen molar-refractivity contribution >= 4 is 40.1 Å². The van der Waals surface area contributed by atoms with E-state index in [1.54, 1.807) is 13.0 Å². The molecule has 2 aromatic rings. The van der Waals surface area contributed by atoms with Crippen LogP contribution in [0.25, 0.3) is 16.5 Å². The number of rotatable bonds is 2. The van der Waals surface area contributed by atoms with Crippen molar-refractivity contribution in [3.05, 3.63) is 40.7 Å². The molecule has 1 aliphatic heterocycles. The molecule has 1 aromatic heterocycles. The summed E-state index contributed by atoms with van der Waals surface area (Å²) in [6, 6.07) is 5.41. The lowest BCUT2D eigenvalue weighted by Crippen LogP contribution is -2.26. The van der Waals surface area contributed by atoms with Crippen LogP contribution < -0.4 is 0 Å². The Balaban J connectivity index is 2.19. The second-order valence-electron chi connectivity index (χ2n) is 5.16. The lowest BCUT2D eigenvalue weighted by atomic mass is 10.0. The SMILES string of the molecule is CCOC(=O)C1=CN(C(=O)O)CCc2c1[nH]c1ccc(Cl)cc21. The van der Waals surface area contributed by atoms with Gasteiger partial charge in [-0.3, -0.25) is 4.90 Å². The molecule has 120 valence electrons. The van der Waals surface area contributed by atoms with E-state index in [0.717, 1.165) is 21.4 Å². The number of fused-ring (bicyclic) bond motifs is 3. The summed E-state index contributed by atoms with van der Waals surface area (Å²) in [5.41, 5.74) is 2.50. The van der Waals surface area contributed by atoms with Gasteiger partial charge in [-0.15, -0.1) is 0 Å². The van der Waals surface area contributed by atoms with Gasteiger partial charge in [0.05, 0.1) is 17.9 Å². The van der Waals surface area contributed by atoms with Crippen molar-refractivity contribution < 1.29 is 19.4 Å². The third-order valence-corrected chi connectivity index (χ3v) is 4.00. The van der Waals surface area contributed by atoms with Crippen molar-refractivity contribution in [2.75, 3.05) is 13.2 Å². The summed E-state index contributed by atoms with van der Waals surface area (Å²) in [6.07, 6.45) is 0.684. The van der Waals surface area contributed by atoms with E-state index in [1.165, 1.54) is 6.20 Å². The molecule has 1 aromatic carbocycles. The second kappa shape index (κ2) is 5.96. The monoisotopic (exact) mass is 334 g/mol. The summed E-state index contributed by atoms with van der Waals surface area (Å²) >= 11 is 6.06. The van der Waals surface area contributed by atoms with E-state index in [9.17, 15) is 14.7 Å². The molecule has 0 radical (unpaired) electrons. The Hall–Kier alpha value is -2.47. The number of amides is 1. The van der Waals surface area contributed by atoms with Crippen molar-refractivity contribution in [3.8, 4) is 0 Å². The minimum Gasteiger partial charge on any atom is -0.465 e. The Morgan fingerprint density at radius 3 is 2.91 bits per heavy atom. The van der Waals surface area contributed by atoms with E-state index >= 15 is 0 Å². The van der Waals surface area contributed by atoms with Crippen LogP contribution in [0.4, 0.5) is 4.79 Å². The number of H-pyrrole nitrogens is 1. The predicted octanol–water partition coefficient (Wildman–Crippen LogP) is 3.26. The van der Waals surface area contributed by atoms with E-state index in [2.05, 4.69) is 4.98 Å². The van der Waals surface area contributed by atoms with Crippen LogP contribution in [0, 0.1) is 0 Å². The summed E-state index contributed by atoms with van der Waals surface area (Å²) in [4.78, 5) is 27.9. The highest BCUT2D eigenvalue weighted by atomic mass is 35.5. The van der Waals surface area contributed by atoms with Crippen LogP contribution in [0.15, 0.2) is 24.4 Å². The molecule has 1 amide bonds. The van der Waals surface area contributed by atoms with Crippen LogP contribution >= 0.6 is 11.6 Å². The van der Waals surface area contributed by atoms with E-state index in [1.807, 2.05) is 12.1 Å². The van der Waals surface area contributed by atoms with Crippen LogP contribution in [0.2, 0.25) is 5.02 Å².